The van der Waals surface area contributed by atoms with Crippen molar-refractivity contribution in [3.63, 3.8) is 0 Å². The topological polar surface area (TPSA) is 53.6 Å². The lowest BCUT2D eigenvalue weighted by atomic mass is 9.94. The summed E-state index contributed by atoms with van der Waals surface area (Å²) in [7, 11) is 2.19. The lowest BCUT2D eigenvalue weighted by molar-refractivity contribution is 0.185. The molecule has 1 aliphatic carbocycles. The summed E-state index contributed by atoms with van der Waals surface area (Å²) < 4.78 is 5.73. The van der Waals surface area contributed by atoms with Crippen molar-refractivity contribution >= 4 is 11.7 Å². The highest BCUT2D eigenvalue weighted by Gasteiger charge is 2.19. The maximum Gasteiger partial charge on any atom is 0.319 e. The lowest BCUT2D eigenvalue weighted by Gasteiger charge is -2.31. The molecule has 2 aromatic carbocycles. The number of nitrogens with zero attached hydrogens (tertiary/aromatic N) is 1. The molecule has 0 atom stereocenters. The number of amides is 2. The average molecular weight is 410 g/mol. The van der Waals surface area contributed by atoms with Crippen LogP contribution in [0.5, 0.6) is 5.75 Å². The molecule has 2 N–H and O–H groups in total. The van der Waals surface area contributed by atoms with Crippen LogP contribution in [0.15, 0.2) is 48.5 Å². The van der Waals surface area contributed by atoms with Gasteiger partial charge < -0.3 is 15.4 Å². The summed E-state index contributed by atoms with van der Waals surface area (Å²) in [6, 6.07) is 16.3. The van der Waals surface area contributed by atoms with Crippen molar-refractivity contribution in [2.24, 2.45) is 0 Å². The van der Waals surface area contributed by atoms with Gasteiger partial charge in [-0.05, 0) is 63.1 Å². The number of hydrogen-bond acceptors (Lipinski definition) is 3. The first-order valence-electron chi connectivity index (χ1n) is 11.1. The Labute approximate surface area is 180 Å². The van der Waals surface area contributed by atoms with Crippen LogP contribution in [-0.2, 0) is 13.1 Å². The van der Waals surface area contributed by atoms with Crippen molar-refractivity contribution in [3.8, 4) is 5.75 Å². The van der Waals surface area contributed by atoms with E-state index < -0.39 is 0 Å². The summed E-state index contributed by atoms with van der Waals surface area (Å²) in [4.78, 5) is 14.9. The van der Waals surface area contributed by atoms with Crippen molar-refractivity contribution in [1.82, 2.24) is 10.2 Å². The number of nitrogens with one attached hydrogen (secondary N) is 2. The molecule has 0 heterocycles. The predicted octanol–water partition coefficient (Wildman–Crippen LogP) is 5.56. The fourth-order valence-electron chi connectivity index (χ4n) is 4.05. The Hall–Kier alpha value is -2.53. The van der Waals surface area contributed by atoms with Crippen LogP contribution in [0, 0.1) is 0 Å². The molecule has 1 fully saturated rings. The number of para-hydroxylation sites is 1. The van der Waals surface area contributed by atoms with Gasteiger partial charge in [0.2, 0.25) is 0 Å². The molecule has 2 amide bonds. The highest BCUT2D eigenvalue weighted by atomic mass is 16.5. The minimum absolute atomic E-state index is 0.125. The van der Waals surface area contributed by atoms with Crippen molar-refractivity contribution in [1.29, 1.82) is 0 Å². The number of ether oxygens (including phenoxy) is 1. The number of urea groups is 1. The van der Waals surface area contributed by atoms with E-state index in [1.54, 1.807) is 0 Å². The van der Waals surface area contributed by atoms with E-state index in [4.69, 9.17) is 4.74 Å². The molecule has 162 valence electrons. The summed E-state index contributed by atoms with van der Waals surface area (Å²) in [5, 5.41) is 5.98. The molecule has 0 saturated heterocycles. The van der Waals surface area contributed by atoms with Gasteiger partial charge in [-0.2, -0.15) is 0 Å². The first-order chi connectivity index (χ1) is 14.5. The number of carbonyl (C=O) groups is 1. The first-order valence-corrected chi connectivity index (χ1v) is 11.1. The van der Waals surface area contributed by atoms with Crippen LogP contribution in [0.3, 0.4) is 0 Å². The molecule has 30 heavy (non-hydrogen) atoms. The van der Waals surface area contributed by atoms with E-state index in [0.717, 1.165) is 29.1 Å². The molecule has 0 aliphatic heterocycles. The summed E-state index contributed by atoms with van der Waals surface area (Å²) in [6.45, 7) is 5.30. The zero-order chi connectivity index (χ0) is 21.3. The summed E-state index contributed by atoms with van der Waals surface area (Å²) in [5.74, 6) is 0.820. The number of benzene rings is 2. The van der Waals surface area contributed by atoms with Crippen LogP contribution in [-0.4, -0.2) is 30.1 Å². The smallest absolute Gasteiger partial charge is 0.319 e. The highest BCUT2D eigenvalue weighted by molar-refractivity contribution is 5.90. The van der Waals surface area contributed by atoms with E-state index >= 15 is 0 Å². The molecule has 5 heteroatoms. The van der Waals surface area contributed by atoms with Gasteiger partial charge >= 0.3 is 6.03 Å². The molecular formula is C25H35N3O2. The first kappa shape index (κ1) is 22.2. The van der Waals surface area contributed by atoms with Crippen LogP contribution < -0.4 is 15.4 Å². The van der Waals surface area contributed by atoms with Crippen molar-refractivity contribution in [3.05, 3.63) is 59.7 Å². The van der Waals surface area contributed by atoms with Gasteiger partial charge in [0.1, 0.15) is 5.75 Å². The molecule has 0 aromatic heterocycles. The van der Waals surface area contributed by atoms with E-state index in [9.17, 15) is 4.79 Å². The van der Waals surface area contributed by atoms with Crippen molar-refractivity contribution in [2.45, 2.75) is 71.2 Å². The molecular weight excluding hydrogens is 374 g/mol. The van der Waals surface area contributed by atoms with Crippen LogP contribution in [0.2, 0.25) is 0 Å². The maximum absolute atomic E-state index is 12.5. The Balaban J connectivity index is 1.55. The third kappa shape index (κ3) is 6.77. The number of rotatable bonds is 8. The van der Waals surface area contributed by atoms with E-state index in [1.165, 1.54) is 32.1 Å². The molecule has 0 unspecified atom stereocenters. The van der Waals surface area contributed by atoms with E-state index in [-0.39, 0.29) is 12.1 Å². The number of anilines is 1. The average Bonchev–Trinajstić information content (AvgIpc) is 2.74. The third-order valence-electron chi connectivity index (χ3n) is 5.61. The Bertz CT molecular complexity index is 816. The fourth-order valence-corrected chi connectivity index (χ4v) is 4.05. The fraction of sp³-hybridized carbons (Fsp3) is 0.480. The molecule has 5 nitrogen and oxygen atoms in total. The predicted molar refractivity (Wildman–Crippen MR) is 123 cm³/mol. The minimum atomic E-state index is -0.196. The second-order valence-electron chi connectivity index (χ2n) is 8.49. The molecule has 0 radical (unpaired) electrons. The largest absolute Gasteiger partial charge is 0.491 e. The van der Waals surface area contributed by atoms with Crippen LogP contribution in [0.4, 0.5) is 10.5 Å². The van der Waals surface area contributed by atoms with Crippen molar-refractivity contribution in [2.75, 3.05) is 12.4 Å². The number of hydrogen-bond donors (Lipinski definition) is 2. The van der Waals surface area contributed by atoms with Crippen molar-refractivity contribution < 1.29 is 9.53 Å². The second-order valence-corrected chi connectivity index (χ2v) is 8.49. The van der Waals surface area contributed by atoms with E-state index in [2.05, 4.69) is 28.6 Å². The molecule has 0 spiro atoms. The molecule has 0 bridgehead atoms. The molecule has 2 aromatic rings. The van der Waals surface area contributed by atoms with Gasteiger partial charge in [0.15, 0.2) is 0 Å². The van der Waals surface area contributed by atoms with Gasteiger partial charge in [0.25, 0.3) is 0 Å². The number of carbonyl (C=O) groups excluding carboxylic acids is 1. The van der Waals surface area contributed by atoms with E-state index in [1.807, 2.05) is 56.3 Å². The van der Waals surface area contributed by atoms with Gasteiger partial charge in [-0.1, -0.05) is 49.6 Å². The quantitative estimate of drug-likeness (QED) is 0.600. The highest BCUT2D eigenvalue weighted by Crippen LogP contribution is 2.25. The van der Waals surface area contributed by atoms with Gasteiger partial charge in [-0.25, -0.2) is 4.79 Å². The Kier molecular flexibility index (Phi) is 8.14. The Morgan fingerprint density at radius 3 is 2.63 bits per heavy atom. The summed E-state index contributed by atoms with van der Waals surface area (Å²) in [6.07, 6.45) is 6.66. The summed E-state index contributed by atoms with van der Waals surface area (Å²) >= 11 is 0. The van der Waals surface area contributed by atoms with Crippen LogP contribution in [0.25, 0.3) is 0 Å². The minimum Gasteiger partial charge on any atom is -0.491 e. The van der Waals surface area contributed by atoms with Gasteiger partial charge in [-0.15, -0.1) is 0 Å². The SMILES string of the molecule is CC(C)Oc1cccc(CNC(=O)Nc2ccccc2CN(C)C2CCCCC2)c1. The van der Waals surface area contributed by atoms with Gasteiger partial charge in [0, 0.05) is 24.8 Å². The zero-order valence-electron chi connectivity index (χ0n) is 18.5. The normalized spacial score (nSPS) is 14.7. The molecule has 1 aliphatic rings. The van der Waals surface area contributed by atoms with E-state index in [0.29, 0.717) is 12.6 Å². The Morgan fingerprint density at radius 1 is 1.10 bits per heavy atom. The van der Waals surface area contributed by atoms with Gasteiger partial charge in [0.05, 0.1) is 6.10 Å². The van der Waals surface area contributed by atoms with Crippen LogP contribution >= 0.6 is 0 Å². The van der Waals surface area contributed by atoms with Gasteiger partial charge in [-0.3, -0.25) is 4.90 Å². The molecule has 3 rings (SSSR count). The third-order valence-corrected chi connectivity index (χ3v) is 5.61. The summed E-state index contributed by atoms with van der Waals surface area (Å²) in [5.41, 5.74) is 3.02. The Morgan fingerprint density at radius 2 is 1.87 bits per heavy atom. The second kappa shape index (κ2) is 11.0. The van der Waals surface area contributed by atoms with Crippen LogP contribution in [0.1, 0.15) is 57.1 Å². The lowest BCUT2D eigenvalue weighted by Crippen LogP contribution is -2.33. The molecule has 1 saturated carbocycles. The monoisotopic (exact) mass is 409 g/mol. The standard InChI is InChI=1S/C25H35N3O2/c1-19(2)30-23-14-9-10-20(16-23)17-26-25(29)27-24-15-8-7-11-21(24)18-28(3)22-12-5-4-6-13-22/h7-11,14-16,19,22H,4-6,12-13,17-18H2,1-3H3,(H2,26,27,29). The zero-order valence-corrected chi connectivity index (χ0v) is 18.5. The maximum atomic E-state index is 12.5.